The molecule has 1 heterocycles. The maximum absolute atomic E-state index is 5.45. The largest absolute Gasteiger partial charge is 0.486 e. The molecule has 0 fully saturated rings. The predicted octanol–water partition coefficient (Wildman–Crippen LogP) is 2.82. The third-order valence-corrected chi connectivity index (χ3v) is 2.89. The Hall–Kier alpha value is 0.170. The first-order chi connectivity index (χ1) is 5.29. The molecule has 0 saturated carbocycles. The van der Waals surface area contributed by atoms with Crippen LogP contribution in [0, 0.1) is 0 Å². The van der Waals surface area contributed by atoms with Crippen LogP contribution in [0.2, 0.25) is 0 Å². The summed E-state index contributed by atoms with van der Waals surface area (Å²) in [7, 11) is 0. The van der Waals surface area contributed by atoms with Gasteiger partial charge in [-0.1, -0.05) is 11.8 Å². The van der Waals surface area contributed by atoms with Crippen molar-refractivity contribution < 1.29 is 4.74 Å². The molecule has 1 rings (SSSR count). The van der Waals surface area contributed by atoms with Crippen molar-refractivity contribution in [1.82, 2.24) is 4.90 Å². The molecule has 0 saturated heterocycles. The zero-order valence-electron chi connectivity index (χ0n) is 7.79. The zero-order valence-corrected chi connectivity index (χ0v) is 10.3. The Morgan fingerprint density at radius 3 is 2.58 bits per heavy atom. The molecule has 0 aromatic heterocycles. The van der Waals surface area contributed by atoms with Crippen molar-refractivity contribution in [1.29, 1.82) is 0 Å². The quantitative estimate of drug-likeness (QED) is 0.768. The Labute approximate surface area is 89.1 Å². The summed E-state index contributed by atoms with van der Waals surface area (Å²) in [5.41, 5.74) is 1.29. The first kappa shape index (κ1) is 12.2. The molecule has 0 aliphatic carbocycles. The van der Waals surface area contributed by atoms with E-state index in [-0.39, 0.29) is 17.0 Å². The van der Waals surface area contributed by atoms with E-state index in [9.17, 15) is 0 Å². The average Bonchev–Trinajstić information content (AvgIpc) is 2.34. The number of rotatable bonds is 3. The topological polar surface area (TPSA) is 12.5 Å². The molecule has 0 aromatic carbocycles. The summed E-state index contributed by atoms with van der Waals surface area (Å²) in [6.45, 7) is 8.16. The van der Waals surface area contributed by atoms with Gasteiger partial charge in [0.25, 0.3) is 0 Å². The minimum Gasteiger partial charge on any atom is -0.486 e. The van der Waals surface area contributed by atoms with E-state index in [0.29, 0.717) is 0 Å². The van der Waals surface area contributed by atoms with Crippen LogP contribution in [-0.4, -0.2) is 23.9 Å². The lowest BCUT2D eigenvalue weighted by Gasteiger charge is -2.14. The van der Waals surface area contributed by atoms with Crippen molar-refractivity contribution in [3.63, 3.8) is 0 Å². The van der Waals surface area contributed by atoms with Gasteiger partial charge in [0.05, 0.1) is 18.2 Å². The predicted molar refractivity (Wildman–Crippen MR) is 59.5 cm³/mol. The Balaban J connectivity index is 0.00000121. The minimum absolute atomic E-state index is 0. The summed E-state index contributed by atoms with van der Waals surface area (Å²) >= 11 is 1.79. The van der Waals surface area contributed by atoms with E-state index in [4.69, 9.17) is 4.74 Å². The number of nitrogens with zero attached hydrogens (tertiary/aromatic N) is 1. The summed E-state index contributed by atoms with van der Waals surface area (Å²) in [6, 6.07) is 0. The Kier molecular flexibility index (Phi) is 5.84. The highest BCUT2D eigenvalue weighted by molar-refractivity contribution is 8.93. The van der Waals surface area contributed by atoms with Crippen molar-refractivity contribution in [3.8, 4) is 0 Å². The van der Waals surface area contributed by atoms with E-state index >= 15 is 0 Å². The molecular formula is C8H16BrNOS. The van der Waals surface area contributed by atoms with E-state index in [1.165, 1.54) is 5.70 Å². The maximum atomic E-state index is 5.45. The Morgan fingerprint density at radius 1 is 1.50 bits per heavy atom. The summed E-state index contributed by atoms with van der Waals surface area (Å²) in [4.78, 5) is 2.32. The molecule has 0 atom stereocenters. The van der Waals surface area contributed by atoms with Gasteiger partial charge in [0.2, 0.25) is 0 Å². The number of allylic oxidation sites excluding steroid dienone is 1. The Morgan fingerprint density at radius 2 is 2.17 bits per heavy atom. The van der Waals surface area contributed by atoms with Gasteiger partial charge in [-0.2, -0.15) is 0 Å². The standard InChI is InChI=1S/C8H15NOS.BrH/c1-4-9-6-11-8(7(9)3)10-5-2;/h4-6H2,1-3H3;1H. The fraction of sp³-hybridized carbons (Fsp3) is 0.750. The number of thioether (sulfide) groups is 1. The molecule has 12 heavy (non-hydrogen) atoms. The van der Waals surface area contributed by atoms with Gasteiger partial charge in [0, 0.05) is 6.54 Å². The van der Waals surface area contributed by atoms with Crippen LogP contribution in [0.5, 0.6) is 0 Å². The van der Waals surface area contributed by atoms with Crippen LogP contribution in [0.15, 0.2) is 10.8 Å². The van der Waals surface area contributed by atoms with E-state index in [1.807, 2.05) is 6.92 Å². The van der Waals surface area contributed by atoms with E-state index in [0.717, 1.165) is 24.1 Å². The normalized spacial score (nSPS) is 16.4. The first-order valence-corrected chi connectivity index (χ1v) is 4.99. The zero-order chi connectivity index (χ0) is 8.27. The van der Waals surface area contributed by atoms with Crippen molar-refractivity contribution in [3.05, 3.63) is 10.8 Å². The highest BCUT2D eigenvalue weighted by Crippen LogP contribution is 2.31. The van der Waals surface area contributed by atoms with Gasteiger partial charge in [0.1, 0.15) is 0 Å². The van der Waals surface area contributed by atoms with Gasteiger partial charge in [-0.3, -0.25) is 0 Å². The van der Waals surface area contributed by atoms with Crippen LogP contribution < -0.4 is 0 Å². The van der Waals surface area contributed by atoms with Crippen LogP contribution in [0.1, 0.15) is 20.8 Å². The lowest BCUT2D eigenvalue weighted by molar-refractivity contribution is 0.248. The second-order valence-corrected chi connectivity index (χ2v) is 3.35. The highest BCUT2D eigenvalue weighted by Gasteiger charge is 2.18. The molecule has 0 spiro atoms. The molecule has 0 bridgehead atoms. The molecule has 0 amide bonds. The Bertz CT molecular complexity index is 172. The monoisotopic (exact) mass is 253 g/mol. The molecule has 1 aliphatic rings. The molecule has 0 radical (unpaired) electrons. The summed E-state index contributed by atoms with van der Waals surface area (Å²) in [5, 5.41) is 1.11. The molecule has 0 N–H and O–H groups in total. The van der Waals surface area contributed by atoms with Gasteiger partial charge in [-0.15, -0.1) is 17.0 Å². The van der Waals surface area contributed by atoms with Crippen molar-refractivity contribution in [2.24, 2.45) is 0 Å². The van der Waals surface area contributed by atoms with Gasteiger partial charge < -0.3 is 9.64 Å². The fourth-order valence-electron chi connectivity index (χ4n) is 1.07. The third kappa shape index (κ3) is 2.59. The number of halogens is 1. The molecule has 72 valence electrons. The van der Waals surface area contributed by atoms with Gasteiger partial charge in [-0.25, -0.2) is 0 Å². The molecular weight excluding hydrogens is 238 g/mol. The molecule has 0 aromatic rings. The maximum Gasteiger partial charge on any atom is 0.173 e. The summed E-state index contributed by atoms with van der Waals surface area (Å²) in [5.74, 6) is 1.05. The minimum atomic E-state index is 0. The van der Waals surface area contributed by atoms with Gasteiger partial charge in [-0.05, 0) is 20.8 Å². The average molecular weight is 254 g/mol. The van der Waals surface area contributed by atoms with Crippen LogP contribution >= 0.6 is 28.7 Å². The molecule has 2 nitrogen and oxygen atoms in total. The van der Waals surface area contributed by atoms with Crippen molar-refractivity contribution in [2.45, 2.75) is 20.8 Å². The van der Waals surface area contributed by atoms with Crippen LogP contribution in [0.3, 0.4) is 0 Å². The summed E-state index contributed by atoms with van der Waals surface area (Å²) < 4.78 is 5.45. The lowest BCUT2D eigenvalue weighted by atomic mass is 10.5. The first-order valence-electron chi connectivity index (χ1n) is 4.01. The smallest absolute Gasteiger partial charge is 0.173 e. The summed E-state index contributed by atoms with van der Waals surface area (Å²) in [6.07, 6.45) is 0. The number of hydrogen-bond donors (Lipinski definition) is 0. The molecule has 0 unspecified atom stereocenters. The second kappa shape index (κ2) is 5.75. The second-order valence-electron chi connectivity index (χ2n) is 2.44. The molecule has 4 heteroatoms. The van der Waals surface area contributed by atoms with E-state index in [2.05, 4.69) is 18.7 Å². The fourth-order valence-corrected chi connectivity index (χ4v) is 2.26. The van der Waals surface area contributed by atoms with Gasteiger partial charge in [0.15, 0.2) is 5.09 Å². The SMILES string of the molecule is Br.CCOC1=C(C)N(CC)CS1. The van der Waals surface area contributed by atoms with E-state index in [1.54, 1.807) is 11.8 Å². The van der Waals surface area contributed by atoms with Crippen LogP contribution in [0.25, 0.3) is 0 Å². The lowest BCUT2D eigenvalue weighted by Crippen LogP contribution is -2.16. The molecule has 1 aliphatic heterocycles. The number of ether oxygens (including phenoxy) is 1. The highest BCUT2D eigenvalue weighted by atomic mass is 79.9. The van der Waals surface area contributed by atoms with Gasteiger partial charge >= 0.3 is 0 Å². The van der Waals surface area contributed by atoms with Crippen molar-refractivity contribution in [2.75, 3.05) is 19.0 Å². The number of hydrogen-bond acceptors (Lipinski definition) is 3. The van der Waals surface area contributed by atoms with E-state index < -0.39 is 0 Å². The van der Waals surface area contributed by atoms with Crippen molar-refractivity contribution >= 4 is 28.7 Å². The van der Waals surface area contributed by atoms with Crippen LogP contribution in [-0.2, 0) is 4.74 Å². The van der Waals surface area contributed by atoms with Crippen LogP contribution in [0.4, 0.5) is 0 Å². The third-order valence-electron chi connectivity index (χ3n) is 1.78.